The molecule has 0 aromatic carbocycles. The van der Waals surface area contributed by atoms with E-state index >= 15 is 0 Å². The van der Waals surface area contributed by atoms with Gasteiger partial charge in [-0.2, -0.15) is 5.06 Å². The number of piperidine rings is 1. The van der Waals surface area contributed by atoms with E-state index in [1.54, 1.807) is 6.92 Å². The van der Waals surface area contributed by atoms with Crippen LogP contribution in [0.2, 0.25) is 0 Å². The lowest BCUT2D eigenvalue weighted by molar-refractivity contribution is -0.284. The van der Waals surface area contributed by atoms with Crippen LogP contribution in [0.4, 0.5) is 4.79 Å². The van der Waals surface area contributed by atoms with Crippen LogP contribution in [-0.4, -0.2) is 65.5 Å². The summed E-state index contributed by atoms with van der Waals surface area (Å²) in [7, 11) is 0. The van der Waals surface area contributed by atoms with Gasteiger partial charge in [-0.15, -0.1) is 0 Å². The predicted octanol–water partition coefficient (Wildman–Crippen LogP) is 4.82. The van der Waals surface area contributed by atoms with Crippen molar-refractivity contribution in [1.82, 2.24) is 15.7 Å². The van der Waals surface area contributed by atoms with Gasteiger partial charge in [0.1, 0.15) is 18.8 Å². The van der Waals surface area contributed by atoms with Crippen molar-refractivity contribution in [3.8, 4) is 0 Å². The average Bonchev–Trinajstić information content (AvgIpc) is 2.80. The number of esters is 2. The summed E-state index contributed by atoms with van der Waals surface area (Å²) in [4.78, 5) is 42.4. The minimum atomic E-state index is -1.15. The highest BCUT2D eigenvalue weighted by Gasteiger charge is 2.47. The molecule has 2 amide bonds. The van der Waals surface area contributed by atoms with Crippen LogP contribution in [-0.2, 0) is 23.9 Å². The summed E-state index contributed by atoms with van der Waals surface area (Å²) in [6.07, 6.45) is 10.7. The van der Waals surface area contributed by atoms with Gasteiger partial charge in [0.2, 0.25) is 0 Å². The lowest BCUT2D eigenvalue weighted by atomic mass is 9.79. The Balaban J connectivity index is 2.73. The van der Waals surface area contributed by atoms with Gasteiger partial charge < -0.3 is 20.1 Å². The van der Waals surface area contributed by atoms with Crippen LogP contribution in [0.1, 0.15) is 92.9 Å². The van der Waals surface area contributed by atoms with Crippen molar-refractivity contribution in [2.45, 2.75) is 116 Å². The van der Waals surface area contributed by atoms with Gasteiger partial charge in [0, 0.05) is 29.3 Å². The molecule has 0 aliphatic carbocycles. The first-order valence-corrected chi connectivity index (χ1v) is 13.4. The van der Waals surface area contributed by atoms with Crippen LogP contribution < -0.4 is 10.6 Å². The maximum absolute atomic E-state index is 13.0. The molecule has 9 heteroatoms. The molecule has 1 saturated heterocycles. The van der Waals surface area contributed by atoms with Crippen LogP contribution in [0.3, 0.4) is 0 Å². The molecule has 1 heterocycles. The van der Waals surface area contributed by atoms with Gasteiger partial charge in [-0.1, -0.05) is 52.2 Å². The third-order valence-corrected chi connectivity index (χ3v) is 6.46. The predicted molar refractivity (Wildman–Crippen MR) is 145 cm³/mol. The molecule has 0 saturated carbocycles. The number of nitrogens with one attached hydrogen (secondary N) is 2. The van der Waals surface area contributed by atoms with E-state index < -0.39 is 23.5 Å². The molecule has 0 aromatic rings. The van der Waals surface area contributed by atoms with E-state index in [1.807, 2.05) is 0 Å². The van der Waals surface area contributed by atoms with Crippen LogP contribution in [0.15, 0.2) is 25.3 Å². The van der Waals surface area contributed by atoms with Gasteiger partial charge in [0.25, 0.3) is 0 Å². The summed E-state index contributed by atoms with van der Waals surface area (Å²) in [5.74, 6) is -1.28. The molecule has 1 aliphatic heterocycles. The summed E-state index contributed by atoms with van der Waals surface area (Å²) in [6.45, 7) is 19.4. The lowest BCUT2D eigenvalue weighted by Crippen LogP contribution is -2.65. The van der Waals surface area contributed by atoms with Crippen molar-refractivity contribution in [3.05, 3.63) is 25.3 Å². The molecule has 0 unspecified atom stereocenters. The van der Waals surface area contributed by atoms with E-state index in [9.17, 15) is 14.4 Å². The number of ether oxygens (including phenoxy) is 2. The van der Waals surface area contributed by atoms with E-state index in [1.165, 1.54) is 32.1 Å². The summed E-state index contributed by atoms with van der Waals surface area (Å²) in [6, 6.07) is -0.556. The molecular formula is C28H49N3O6. The van der Waals surface area contributed by atoms with E-state index in [0.29, 0.717) is 19.4 Å². The van der Waals surface area contributed by atoms with E-state index in [4.69, 9.17) is 14.3 Å². The van der Waals surface area contributed by atoms with Gasteiger partial charge in [-0.25, -0.2) is 14.4 Å². The van der Waals surface area contributed by atoms with Gasteiger partial charge in [0.05, 0.1) is 6.61 Å². The normalized spacial score (nSPS) is 17.5. The Labute approximate surface area is 223 Å². The molecule has 0 spiro atoms. The molecule has 0 atom stereocenters. The van der Waals surface area contributed by atoms with E-state index in [0.717, 1.165) is 18.6 Å². The number of carbonyl (C=O) groups excluding carboxylic acids is 3. The fourth-order valence-electron chi connectivity index (χ4n) is 4.94. The van der Waals surface area contributed by atoms with Crippen LogP contribution in [0.5, 0.6) is 0 Å². The Hall–Kier alpha value is -2.39. The second kappa shape index (κ2) is 15.1. The highest BCUT2D eigenvalue weighted by molar-refractivity contribution is 5.82. The maximum Gasteiger partial charge on any atom is 0.330 e. The van der Waals surface area contributed by atoms with Gasteiger partial charge in [-0.05, 0) is 53.9 Å². The largest absolute Gasteiger partial charge is 0.460 e. The lowest BCUT2D eigenvalue weighted by Gasteiger charge is -2.53. The molecule has 0 radical (unpaired) electrons. The first kappa shape index (κ1) is 32.6. The third-order valence-electron chi connectivity index (χ3n) is 6.46. The SMILES string of the molecule is C=CC(=O)OCC(C)(COC(=O)C=C)NC(=O)NC1CC(C)(C)N(OCCCCCCCC)C(C)(C)C1. The summed E-state index contributed by atoms with van der Waals surface area (Å²) in [5, 5.41) is 7.96. The molecular weight excluding hydrogens is 474 g/mol. The van der Waals surface area contributed by atoms with Crippen molar-refractivity contribution in [1.29, 1.82) is 0 Å². The molecule has 1 rings (SSSR count). The minimum absolute atomic E-state index is 0.116. The van der Waals surface area contributed by atoms with Crippen molar-refractivity contribution in [2.75, 3.05) is 19.8 Å². The number of amides is 2. The average molecular weight is 524 g/mol. The standard InChI is InChI=1S/C28H49N3O6/c1-9-12-13-14-15-16-17-37-31-26(4,5)18-22(19-27(31,6)7)29-25(34)30-28(8,20-35-23(32)10-2)21-36-24(33)11-3/h10-11,22H,2-3,9,12-21H2,1,4-8H3,(H2,29,30,34). The Bertz CT molecular complexity index is 738. The van der Waals surface area contributed by atoms with Crippen molar-refractivity contribution in [3.63, 3.8) is 0 Å². The smallest absolute Gasteiger partial charge is 0.330 e. The monoisotopic (exact) mass is 523 g/mol. The molecule has 212 valence electrons. The molecule has 1 aliphatic rings. The van der Waals surface area contributed by atoms with Crippen molar-refractivity contribution in [2.24, 2.45) is 0 Å². The molecule has 0 aromatic heterocycles. The summed E-state index contributed by atoms with van der Waals surface area (Å²) < 4.78 is 10.3. The number of hydrogen-bond acceptors (Lipinski definition) is 7. The highest BCUT2D eigenvalue weighted by Crippen LogP contribution is 2.38. The number of hydroxylamine groups is 2. The Morgan fingerprint density at radius 3 is 1.89 bits per heavy atom. The zero-order valence-corrected chi connectivity index (χ0v) is 23.8. The Morgan fingerprint density at radius 1 is 0.919 bits per heavy atom. The third kappa shape index (κ3) is 11.7. The van der Waals surface area contributed by atoms with E-state index in [2.05, 4.69) is 63.5 Å². The molecule has 0 bridgehead atoms. The fraction of sp³-hybridized carbons (Fsp3) is 0.750. The van der Waals surface area contributed by atoms with Gasteiger partial charge >= 0.3 is 18.0 Å². The first-order chi connectivity index (χ1) is 17.3. The van der Waals surface area contributed by atoms with Gasteiger partial charge in [-0.3, -0.25) is 4.84 Å². The topological polar surface area (TPSA) is 106 Å². The Morgan fingerprint density at radius 2 is 1.41 bits per heavy atom. The molecule has 1 fully saturated rings. The highest BCUT2D eigenvalue weighted by atomic mass is 16.7. The second-order valence-corrected chi connectivity index (χ2v) is 11.4. The van der Waals surface area contributed by atoms with Crippen molar-refractivity contribution < 1.29 is 28.7 Å². The molecule has 9 nitrogen and oxygen atoms in total. The van der Waals surface area contributed by atoms with E-state index in [-0.39, 0.29) is 30.3 Å². The summed E-state index contributed by atoms with van der Waals surface area (Å²) in [5.41, 5.74) is -1.75. The number of unbranched alkanes of at least 4 members (excludes halogenated alkanes) is 5. The van der Waals surface area contributed by atoms with Crippen LogP contribution in [0, 0.1) is 0 Å². The second-order valence-electron chi connectivity index (χ2n) is 11.4. The fourth-order valence-corrected chi connectivity index (χ4v) is 4.94. The Kier molecular flexibility index (Phi) is 13.3. The molecule has 37 heavy (non-hydrogen) atoms. The zero-order valence-electron chi connectivity index (χ0n) is 23.8. The van der Waals surface area contributed by atoms with Crippen molar-refractivity contribution >= 4 is 18.0 Å². The quantitative estimate of drug-likeness (QED) is 0.170. The minimum Gasteiger partial charge on any atom is -0.460 e. The first-order valence-electron chi connectivity index (χ1n) is 13.4. The molecule has 2 N–H and O–H groups in total. The summed E-state index contributed by atoms with van der Waals surface area (Å²) >= 11 is 0. The number of urea groups is 1. The number of hydrogen-bond donors (Lipinski definition) is 2. The number of nitrogens with zero attached hydrogens (tertiary/aromatic N) is 1. The zero-order chi connectivity index (χ0) is 28.1. The van der Waals surface area contributed by atoms with Crippen LogP contribution >= 0.6 is 0 Å². The van der Waals surface area contributed by atoms with Gasteiger partial charge in [0.15, 0.2) is 0 Å². The number of rotatable bonds is 16. The van der Waals surface area contributed by atoms with Crippen LogP contribution in [0.25, 0.3) is 0 Å². The maximum atomic E-state index is 13.0. The number of carbonyl (C=O) groups is 3.